The molecule has 0 saturated heterocycles. The molecular formula is C14H26N4O. The zero-order valence-corrected chi connectivity index (χ0v) is 12.7. The van der Waals surface area contributed by atoms with E-state index in [2.05, 4.69) is 28.7 Å². The molecule has 0 aliphatic carbocycles. The summed E-state index contributed by atoms with van der Waals surface area (Å²) in [5.41, 5.74) is 6.91. The van der Waals surface area contributed by atoms with E-state index >= 15 is 0 Å². The molecule has 5 heteroatoms. The number of ether oxygens (including phenoxy) is 1. The van der Waals surface area contributed by atoms with Crippen LogP contribution in [-0.2, 0) is 4.74 Å². The van der Waals surface area contributed by atoms with Gasteiger partial charge in [-0.15, -0.1) is 0 Å². The maximum atomic E-state index is 5.96. The van der Waals surface area contributed by atoms with Crippen molar-refractivity contribution < 1.29 is 4.74 Å². The van der Waals surface area contributed by atoms with E-state index in [1.165, 1.54) is 0 Å². The first-order valence-corrected chi connectivity index (χ1v) is 6.91. The second-order valence-electron chi connectivity index (χ2n) is 4.76. The molecule has 0 fully saturated rings. The van der Waals surface area contributed by atoms with Gasteiger partial charge in [0, 0.05) is 25.3 Å². The number of hydrogen-bond donors (Lipinski definition) is 1. The van der Waals surface area contributed by atoms with Crippen molar-refractivity contribution in [2.45, 2.75) is 46.6 Å². The van der Waals surface area contributed by atoms with Crippen LogP contribution >= 0.6 is 0 Å². The maximum absolute atomic E-state index is 5.96. The average Bonchev–Trinajstić information content (AvgIpc) is 2.39. The number of aromatic nitrogens is 2. The minimum Gasteiger partial charge on any atom is -0.383 e. The van der Waals surface area contributed by atoms with Gasteiger partial charge in [-0.05, 0) is 26.7 Å². The first-order chi connectivity index (χ1) is 9.04. The van der Waals surface area contributed by atoms with Gasteiger partial charge in [0.15, 0.2) is 0 Å². The topological polar surface area (TPSA) is 64.3 Å². The Balaban J connectivity index is 3.15. The Morgan fingerprint density at radius 2 is 1.84 bits per heavy atom. The van der Waals surface area contributed by atoms with Crippen molar-refractivity contribution in [1.82, 2.24) is 9.97 Å². The number of nitrogens with two attached hydrogens (primary N) is 1. The summed E-state index contributed by atoms with van der Waals surface area (Å²) in [6.07, 6.45) is 2.14. The molecule has 1 aromatic heterocycles. The Hall–Kier alpha value is -1.36. The Morgan fingerprint density at radius 3 is 2.37 bits per heavy atom. The largest absolute Gasteiger partial charge is 0.383 e. The highest BCUT2D eigenvalue weighted by Crippen LogP contribution is 2.25. The van der Waals surface area contributed by atoms with Gasteiger partial charge < -0.3 is 15.4 Å². The Bertz CT molecular complexity index is 405. The van der Waals surface area contributed by atoms with Crippen LogP contribution in [0.3, 0.4) is 0 Å². The highest BCUT2D eigenvalue weighted by atomic mass is 16.5. The summed E-state index contributed by atoms with van der Waals surface area (Å²) in [4.78, 5) is 11.1. The Kier molecular flexibility index (Phi) is 6.02. The van der Waals surface area contributed by atoms with Crippen LogP contribution < -0.4 is 10.6 Å². The maximum Gasteiger partial charge on any atom is 0.137 e. The molecule has 108 valence electrons. The number of rotatable bonds is 7. The third kappa shape index (κ3) is 3.80. The van der Waals surface area contributed by atoms with E-state index in [1.807, 2.05) is 13.8 Å². The van der Waals surface area contributed by atoms with E-state index in [9.17, 15) is 0 Å². The molecule has 0 radical (unpaired) electrons. The van der Waals surface area contributed by atoms with Gasteiger partial charge in [0.2, 0.25) is 0 Å². The number of hydrogen-bond acceptors (Lipinski definition) is 5. The van der Waals surface area contributed by atoms with E-state index < -0.39 is 0 Å². The van der Waals surface area contributed by atoms with E-state index in [4.69, 9.17) is 10.5 Å². The molecule has 1 rings (SSSR count). The molecule has 5 nitrogen and oxygen atoms in total. The van der Waals surface area contributed by atoms with Gasteiger partial charge in [0.1, 0.15) is 17.5 Å². The molecule has 1 aromatic rings. The van der Waals surface area contributed by atoms with E-state index in [0.29, 0.717) is 24.3 Å². The van der Waals surface area contributed by atoms with Gasteiger partial charge in [0.05, 0.1) is 6.61 Å². The lowest BCUT2D eigenvalue weighted by molar-refractivity contribution is 0.202. The molecule has 0 unspecified atom stereocenters. The lowest BCUT2D eigenvalue weighted by Gasteiger charge is -2.32. The lowest BCUT2D eigenvalue weighted by atomic mass is 10.1. The van der Waals surface area contributed by atoms with Crippen molar-refractivity contribution in [3.05, 3.63) is 11.4 Å². The van der Waals surface area contributed by atoms with Crippen molar-refractivity contribution in [3.8, 4) is 0 Å². The molecule has 0 spiro atoms. The molecule has 2 N–H and O–H groups in total. The number of nitrogens with zero attached hydrogens (tertiary/aromatic N) is 3. The second kappa shape index (κ2) is 7.28. The molecule has 0 aliphatic rings. The van der Waals surface area contributed by atoms with Crippen LogP contribution in [0.2, 0.25) is 0 Å². The van der Waals surface area contributed by atoms with Crippen LogP contribution in [-0.4, -0.2) is 36.3 Å². The summed E-state index contributed by atoms with van der Waals surface area (Å²) in [6.45, 7) is 9.74. The molecule has 0 aliphatic heterocycles. The van der Waals surface area contributed by atoms with Crippen LogP contribution in [0.15, 0.2) is 0 Å². The van der Waals surface area contributed by atoms with Crippen LogP contribution in [0.4, 0.5) is 11.6 Å². The quantitative estimate of drug-likeness (QED) is 0.820. The summed E-state index contributed by atoms with van der Waals surface area (Å²) in [5.74, 6) is 2.22. The SMILES string of the molecule is CCC(CC)N(CCOC)c1nc(C)nc(N)c1C. The predicted octanol–water partition coefficient (Wildman–Crippen LogP) is 2.32. The number of methoxy groups -OCH3 is 1. The standard InChI is InChI=1S/C14H26N4O/c1-6-12(7-2)18(8-9-19-5)14-10(3)13(15)16-11(4)17-14/h12H,6-9H2,1-5H3,(H2,15,16,17). The van der Waals surface area contributed by atoms with Crippen LogP contribution in [0.25, 0.3) is 0 Å². The van der Waals surface area contributed by atoms with Gasteiger partial charge in [-0.25, -0.2) is 9.97 Å². The normalized spacial score (nSPS) is 11.1. The fraction of sp³-hybridized carbons (Fsp3) is 0.714. The predicted molar refractivity (Wildman–Crippen MR) is 79.5 cm³/mol. The monoisotopic (exact) mass is 266 g/mol. The van der Waals surface area contributed by atoms with Gasteiger partial charge in [-0.3, -0.25) is 0 Å². The number of nitrogen functional groups attached to an aromatic ring is 1. The minimum absolute atomic E-state index is 0.447. The minimum atomic E-state index is 0.447. The molecule has 1 heterocycles. The van der Waals surface area contributed by atoms with Gasteiger partial charge in [-0.1, -0.05) is 13.8 Å². The molecule has 0 saturated carbocycles. The van der Waals surface area contributed by atoms with Crippen LogP contribution in [0.5, 0.6) is 0 Å². The third-order valence-electron chi connectivity index (χ3n) is 3.46. The van der Waals surface area contributed by atoms with Crippen molar-refractivity contribution >= 4 is 11.6 Å². The molecule has 0 bridgehead atoms. The number of anilines is 2. The lowest BCUT2D eigenvalue weighted by Crippen LogP contribution is -2.38. The smallest absolute Gasteiger partial charge is 0.137 e. The summed E-state index contributed by atoms with van der Waals surface area (Å²) < 4.78 is 5.22. The van der Waals surface area contributed by atoms with Crippen molar-refractivity contribution in [2.24, 2.45) is 0 Å². The molecule has 0 aromatic carbocycles. The van der Waals surface area contributed by atoms with Crippen molar-refractivity contribution in [2.75, 3.05) is 30.9 Å². The molecule has 19 heavy (non-hydrogen) atoms. The fourth-order valence-corrected chi connectivity index (χ4v) is 2.29. The highest BCUT2D eigenvalue weighted by molar-refractivity contribution is 5.57. The second-order valence-corrected chi connectivity index (χ2v) is 4.76. The third-order valence-corrected chi connectivity index (χ3v) is 3.46. The van der Waals surface area contributed by atoms with Gasteiger partial charge >= 0.3 is 0 Å². The average molecular weight is 266 g/mol. The summed E-state index contributed by atoms with van der Waals surface area (Å²) in [7, 11) is 1.72. The fourth-order valence-electron chi connectivity index (χ4n) is 2.29. The van der Waals surface area contributed by atoms with Crippen LogP contribution in [0.1, 0.15) is 38.1 Å². The summed E-state index contributed by atoms with van der Waals surface area (Å²) in [5, 5.41) is 0. The Labute approximate surface area is 116 Å². The summed E-state index contributed by atoms with van der Waals surface area (Å²) in [6, 6.07) is 0.447. The first-order valence-electron chi connectivity index (χ1n) is 6.91. The number of aryl methyl sites for hydroxylation is 1. The molecular weight excluding hydrogens is 240 g/mol. The van der Waals surface area contributed by atoms with Gasteiger partial charge in [0.25, 0.3) is 0 Å². The zero-order chi connectivity index (χ0) is 14.4. The van der Waals surface area contributed by atoms with Crippen LogP contribution in [0, 0.1) is 13.8 Å². The molecule has 0 amide bonds. The Morgan fingerprint density at radius 1 is 1.21 bits per heavy atom. The van der Waals surface area contributed by atoms with Crippen molar-refractivity contribution in [3.63, 3.8) is 0 Å². The van der Waals surface area contributed by atoms with Gasteiger partial charge in [-0.2, -0.15) is 0 Å². The van der Waals surface area contributed by atoms with E-state index in [1.54, 1.807) is 7.11 Å². The zero-order valence-electron chi connectivity index (χ0n) is 12.7. The van der Waals surface area contributed by atoms with E-state index in [0.717, 1.165) is 30.8 Å². The highest BCUT2D eigenvalue weighted by Gasteiger charge is 2.20. The summed E-state index contributed by atoms with van der Waals surface area (Å²) >= 11 is 0. The first kappa shape index (κ1) is 15.7. The van der Waals surface area contributed by atoms with Crippen molar-refractivity contribution in [1.29, 1.82) is 0 Å². The van der Waals surface area contributed by atoms with E-state index in [-0.39, 0.29) is 0 Å². The molecule has 0 atom stereocenters.